The molecule has 1 aromatic rings. The van der Waals surface area contributed by atoms with E-state index in [1.54, 1.807) is 24.3 Å². The zero-order chi connectivity index (χ0) is 25.7. The standard InChI is InChI=1S/C28H43NO5S/c1-21-9-11-23(12-10-21)35(31,32)33-14-8-7-13-29(24(30)34-25(2,3)4)28-17-22-15-26(5,19-28)18-27(6,16-22)20-28/h9-12,22H,7-8,13-20H2,1-6H3. The Bertz CT molecular complexity index is 1020. The Morgan fingerprint density at radius 3 is 2.14 bits per heavy atom. The van der Waals surface area contributed by atoms with Crippen LogP contribution in [0.4, 0.5) is 4.79 Å². The fourth-order valence-corrected chi connectivity index (χ4v) is 8.78. The maximum atomic E-state index is 13.5. The Balaban J connectivity index is 1.43. The molecule has 4 bridgehead atoms. The topological polar surface area (TPSA) is 72.9 Å². The molecule has 0 heterocycles. The van der Waals surface area contributed by atoms with Crippen molar-refractivity contribution in [3.63, 3.8) is 0 Å². The van der Waals surface area contributed by atoms with Gasteiger partial charge in [0.25, 0.3) is 10.1 Å². The van der Waals surface area contributed by atoms with E-state index in [9.17, 15) is 13.2 Å². The Labute approximate surface area is 211 Å². The van der Waals surface area contributed by atoms with Crippen LogP contribution in [0.2, 0.25) is 0 Å². The number of benzene rings is 1. The fourth-order valence-electron chi connectivity index (χ4n) is 7.84. The first-order valence-corrected chi connectivity index (χ1v) is 14.5. The number of aryl methyl sites for hydroxylation is 1. The second-order valence-corrected chi connectivity index (χ2v) is 14.9. The highest BCUT2D eigenvalue weighted by Crippen LogP contribution is 2.67. The lowest BCUT2D eigenvalue weighted by molar-refractivity contribution is -0.157. The van der Waals surface area contributed by atoms with Crippen molar-refractivity contribution in [2.24, 2.45) is 16.7 Å². The first-order valence-electron chi connectivity index (χ1n) is 13.1. The van der Waals surface area contributed by atoms with Gasteiger partial charge in [-0.3, -0.25) is 4.18 Å². The highest BCUT2D eigenvalue weighted by molar-refractivity contribution is 7.86. The second kappa shape index (κ2) is 9.05. The molecule has 2 unspecified atom stereocenters. The predicted molar refractivity (Wildman–Crippen MR) is 137 cm³/mol. The Kier molecular flexibility index (Phi) is 6.85. The average Bonchev–Trinajstić information content (AvgIpc) is 2.66. The molecule has 7 heteroatoms. The van der Waals surface area contributed by atoms with Gasteiger partial charge in [0.05, 0.1) is 11.5 Å². The summed E-state index contributed by atoms with van der Waals surface area (Å²) >= 11 is 0. The first kappa shape index (κ1) is 26.5. The molecule has 5 rings (SSSR count). The molecular weight excluding hydrogens is 462 g/mol. The normalized spacial score (nSPS) is 32.0. The summed E-state index contributed by atoms with van der Waals surface area (Å²) in [6, 6.07) is 6.68. The van der Waals surface area contributed by atoms with Crippen LogP contribution in [0.25, 0.3) is 0 Å². The third kappa shape index (κ3) is 5.87. The number of amides is 1. The van der Waals surface area contributed by atoms with E-state index in [4.69, 9.17) is 8.92 Å². The van der Waals surface area contributed by atoms with Crippen molar-refractivity contribution in [2.75, 3.05) is 13.2 Å². The smallest absolute Gasteiger partial charge is 0.410 e. The molecule has 0 aliphatic heterocycles. The van der Waals surface area contributed by atoms with Crippen LogP contribution in [-0.4, -0.2) is 43.7 Å². The molecule has 4 fully saturated rings. The van der Waals surface area contributed by atoms with E-state index in [1.807, 2.05) is 32.6 Å². The van der Waals surface area contributed by atoms with Crippen molar-refractivity contribution in [1.29, 1.82) is 0 Å². The first-order chi connectivity index (χ1) is 16.1. The van der Waals surface area contributed by atoms with E-state index in [-0.39, 0.29) is 34.0 Å². The molecule has 196 valence electrons. The number of carbonyl (C=O) groups is 1. The van der Waals surface area contributed by atoms with Crippen LogP contribution < -0.4 is 0 Å². The van der Waals surface area contributed by atoms with Crippen LogP contribution in [0.5, 0.6) is 0 Å². The number of ether oxygens (including phenoxy) is 1. The van der Waals surface area contributed by atoms with Gasteiger partial charge in [0.2, 0.25) is 0 Å². The van der Waals surface area contributed by atoms with Crippen molar-refractivity contribution in [2.45, 2.75) is 109 Å². The van der Waals surface area contributed by atoms with Crippen molar-refractivity contribution in [3.05, 3.63) is 29.8 Å². The quantitative estimate of drug-likeness (QED) is 0.299. The third-order valence-corrected chi connectivity index (χ3v) is 9.43. The molecule has 2 atom stereocenters. The Morgan fingerprint density at radius 1 is 1.00 bits per heavy atom. The van der Waals surface area contributed by atoms with E-state index in [0.29, 0.717) is 25.3 Å². The highest BCUT2D eigenvalue weighted by Gasteiger charge is 2.62. The number of rotatable bonds is 8. The molecule has 4 aliphatic carbocycles. The maximum Gasteiger partial charge on any atom is 0.410 e. The summed E-state index contributed by atoms with van der Waals surface area (Å²) in [7, 11) is -3.78. The lowest BCUT2D eigenvalue weighted by Crippen LogP contribution is -2.66. The minimum absolute atomic E-state index is 0.101. The number of carbonyl (C=O) groups excluding carboxylic acids is 1. The molecule has 0 spiro atoms. The lowest BCUT2D eigenvalue weighted by Gasteiger charge is -2.67. The molecule has 0 radical (unpaired) electrons. The Hall–Kier alpha value is -1.60. The summed E-state index contributed by atoms with van der Waals surface area (Å²) in [6.45, 7) is 13.1. The van der Waals surface area contributed by atoms with Gasteiger partial charge >= 0.3 is 6.09 Å². The van der Waals surface area contributed by atoms with Crippen LogP contribution in [0.3, 0.4) is 0 Å². The van der Waals surface area contributed by atoms with Gasteiger partial charge in [-0.2, -0.15) is 8.42 Å². The summed E-state index contributed by atoms with van der Waals surface area (Å²) < 4.78 is 36.2. The zero-order valence-corrected chi connectivity index (χ0v) is 23.2. The average molecular weight is 506 g/mol. The zero-order valence-electron chi connectivity index (χ0n) is 22.4. The summed E-state index contributed by atoms with van der Waals surface area (Å²) in [5.74, 6) is 0.661. The largest absolute Gasteiger partial charge is 0.444 e. The lowest BCUT2D eigenvalue weighted by atomic mass is 9.42. The summed E-state index contributed by atoms with van der Waals surface area (Å²) in [5.41, 5.74) is 0.828. The predicted octanol–water partition coefficient (Wildman–Crippen LogP) is 6.47. The minimum Gasteiger partial charge on any atom is -0.444 e. The molecule has 6 nitrogen and oxygen atoms in total. The third-order valence-electron chi connectivity index (χ3n) is 8.11. The summed E-state index contributed by atoms with van der Waals surface area (Å²) in [6.07, 6.45) is 7.86. The molecule has 35 heavy (non-hydrogen) atoms. The molecule has 1 aromatic carbocycles. The van der Waals surface area contributed by atoms with Gasteiger partial charge in [-0.1, -0.05) is 31.5 Å². The van der Waals surface area contributed by atoms with Crippen LogP contribution in [0, 0.1) is 23.7 Å². The molecule has 0 aromatic heterocycles. The molecule has 0 saturated heterocycles. The van der Waals surface area contributed by atoms with Gasteiger partial charge in [0.15, 0.2) is 0 Å². The van der Waals surface area contributed by atoms with Crippen molar-refractivity contribution >= 4 is 16.2 Å². The number of unbranched alkanes of at least 4 members (excludes halogenated alkanes) is 1. The number of nitrogens with zero attached hydrogens (tertiary/aromatic N) is 1. The SMILES string of the molecule is Cc1ccc(S(=O)(=O)OCCCCN(C(=O)OC(C)(C)C)C23CC4CC(C)(CC(C)(C4)C2)C3)cc1. The van der Waals surface area contributed by atoms with Crippen LogP contribution in [0.15, 0.2) is 29.2 Å². The van der Waals surface area contributed by atoms with Gasteiger partial charge in [-0.25, -0.2) is 4.79 Å². The molecular formula is C28H43NO5S. The van der Waals surface area contributed by atoms with Gasteiger partial charge in [0, 0.05) is 12.1 Å². The molecule has 4 aliphatic rings. The van der Waals surface area contributed by atoms with Crippen LogP contribution in [-0.2, 0) is 19.0 Å². The van der Waals surface area contributed by atoms with Gasteiger partial charge in [-0.15, -0.1) is 0 Å². The number of hydrogen-bond acceptors (Lipinski definition) is 5. The van der Waals surface area contributed by atoms with Crippen molar-refractivity contribution in [3.8, 4) is 0 Å². The van der Waals surface area contributed by atoms with E-state index in [0.717, 1.165) is 24.8 Å². The van der Waals surface area contributed by atoms with Crippen LogP contribution >= 0.6 is 0 Å². The van der Waals surface area contributed by atoms with E-state index >= 15 is 0 Å². The monoisotopic (exact) mass is 505 g/mol. The minimum atomic E-state index is -3.78. The highest BCUT2D eigenvalue weighted by atomic mass is 32.2. The van der Waals surface area contributed by atoms with Crippen molar-refractivity contribution < 1.29 is 22.1 Å². The van der Waals surface area contributed by atoms with Gasteiger partial charge in [-0.05, 0) is 108 Å². The second-order valence-electron chi connectivity index (χ2n) is 13.3. The van der Waals surface area contributed by atoms with E-state index in [2.05, 4.69) is 13.8 Å². The fraction of sp³-hybridized carbons (Fsp3) is 0.750. The van der Waals surface area contributed by atoms with E-state index in [1.165, 1.54) is 19.3 Å². The van der Waals surface area contributed by atoms with Gasteiger partial charge in [0.1, 0.15) is 5.60 Å². The molecule has 4 saturated carbocycles. The molecule has 0 N–H and O–H groups in total. The van der Waals surface area contributed by atoms with Crippen molar-refractivity contribution in [1.82, 2.24) is 4.90 Å². The molecule has 1 amide bonds. The Morgan fingerprint density at radius 2 is 1.60 bits per heavy atom. The number of hydrogen-bond donors (Lipinski definition) is 0. The maximum absolute atomic E-state index is 13.5. The van der Waals surface area contributed by atoms with Crippen LogP contribution in [0.1, 0.15) is 91.5 Å². The summed E-state index contributed by atoms with van der Waals surface area (Å²) in [4.78, 5) is 15.7. The summed E-state index contributed by atoms with van der Waals surface area (Å²) in [5, 5.41) is 0. The van der Waals surface area contributed by atoms with E-state index < -0.39 is 15.7 Å². The van der Waals surface area contributed by atoms with Gasteiger partial charge < -0.3 is 9.64 Å².